The van der Waals surface area contributed by atoms with Crippen molar-refractivity contribution in [1.82, 2.24) is 0 Å². The van der Waals surface area contributed by atoms with Crippen LogP contribution in [0, 0.1) is 12.7 Å². The van der Waals surface area contributed by atoms with Crippen LogP contribution in [0.25, 0.3) is 0 Å². The van der Waals surface area contributed by atoms with Crippen molar-refractivity contribution in [2.45, 2.75) is 52.4 Å². The van der Waals surface area contributed by atoms with Crippen LogP contribution >= 0.6 is 0 Å². The van der Waals surface area contributed by atoms with Crippen molar-refractivity contribution in [3.8, 4) is 5.75 Å². The van der Waals surface area contributed by atoms with Crippen LogP contribution in [-0.4, -0.2) is 18.3 Å². The van der Waals surface area contributed by atoms with Crippen molar-refractivity contribution in [1.29, 1.82) is 0 Å². The zero-order valence-corrected chi connectivity index (χ0v) is 15.4. The van der Waals surface area contributed by atoms with Gasteiger partial charge >= 0.3 is 7.12 Å². The molecule has 0 N–H and O–H groups in total. The number of benzene rings is 2. The SMILES string of the molecule is Cc1ccc(F)c(OCc2ccc(B3OC(C)(C)C(C)(C)O3)cc2)c1. The van der Waals surface area contributed by atoms with Crippen LogP contribution in [0.5, 0.6) is 5.75 Å². The Labute approximate surface area is 149 Å². The molecule has 1 aliphatic rings. The molecule has 0 amide bonds. The Morgan fingerprint density at radius 1 is 0.960 bits per heavy atom. The van der Waals surface area contributed by atoms with Crippen LogP contribution in [-0.2, 0) is 15.9 Å². The summed E-state index contributed by atoms with van der Waals surface area (Å²) >= 11 is 0. The maximum absolute atomic E-state index is 13.7. The minimum Gasteiger partial charge on any atom is -0.486 e. The summed E-state index contributed by atoms with van der Waals surface area (Å²) in [5, 5.41) is 0. The van der Waals surface area contributed by atoms with E-state index >= 15 is 0 Å². The molecule has 2 aromatic carbocycles. The van der Waals surface area contributed by atoms with Crippen molar-refractivity contribution in [3.63, 3.8) is 0 Å². The molecule has 0 bridgehead atoms. The van der Waals surface area contributed by atoms with Gasteiger partial charge in [0, 0.05) is 0 Å². The minimum atomic E-state index is -0.380. The lowest BCUT2D eigenvalue weighted by Crippen LogP contribution is -2.41. The Hall–Kier alpha value is -1.85. The molecule has 5 heteroatoms. The molecule has 3 rings (SSSR count). The lowest BCUT2D eigenvalue weighted by Gasteiger charge is -2.32. The highest BCUT2D eigenvalue weighted by atomic mass is 19.1. The van der Waals surface area contributed by atoms with Crippen LogP contribution in [0.1, 0.15) is 38.8 Å². The van der Waals surface area contributed by atoms with Crippen LogP contribution in [0.15, 0.2) is 42.5 Å². The maximum atomic E-state index is 13.7. The highest BCUT2D eigenvalue weighted by Crippen LogP contribution is 2.36. The number of hydrogen-bond acceptors (Lipinski definition) is 3. The number of hydrogen-bond donors (Lipinski definition) is 0. The normalized spacial score (nSPS) is 18.4. The number of halogens is 1. The molecular weight excluding hydrogens is 318 g/mol. The van der Waals surface area contributed by atoms with Crippen molar-refractivity contribution in [2.75, 3.05) is 0 Å². The van der Waals surface area contributed by atoms with Crippen LogP contribution < -0.4 is 10.2 Å². The summed E-state index contributed by atoms with van der Waals surface area (Å²) in [4.78, 5) is 0. The molecule has 0 aromatic heterocycles. The standard InChI is InChI=1S/C20H24BFO3/c1-14-6-11-17(22)18(12-14)23-13-15-7-9-16(10-8-15)21-24-19(2,3)20(4,5)25-21/h6-12H,13H2,1-5H3. The molecule has 0 unspecified atom stereocenters. The molecule has 0 radical (unpaired) electrons. The molecule has 0 saturated carbocycles. The van der Waals surface area contributed by atoms with Gasteiger partial charge in [0.15, 0.2) is 11.6 Å². The molecule has 1 fully saturated rings. The monoisotopic (exact) mass is 342 g/mol. The molecule has 1 saturated heterocycles. The van der Waals surface area contributed by atoms with Gasteiger partial charge in [0.25, 0.3) is 0 Å². The summed E-state index contributed by atoms with van der Waals surface area (Å²) in [6.07, 6.45) is 0. The van der Waals surface area contributed by atoms with E-state index in [1.54, 1.807) is 12.1 Å². The number of aryl methyl sites for hydroxylation is 1. The average molecular weight is 342 g/mol. The minimum absolute atomic E-state index is 0.273. The van der Waals surface area contributed by atoms with Gasteiger partial charge in [0.05, 0.1) is 11.2 Å². The Balaban J connectivity index is 1.66. The average Bonchev–Trinajstić information content (AvgIpc) is 2.77. The Bertz CT molecular complexity index is 740. The topological polar surface area (TPSA) is 27.7 Å². The summed E-state index contributed by atoms with van der Waals surface area (Å²) in [6.45, 7) is 10.4. The summed E-state index contributed by atoms with van der Waals surface area (Å²) in [7, 11) is -0.380. The van der Waals surface area contributed by atoms with E-state index in [1.807, 2.05) is 58.9 Å². The molecule has 0 atom stereocenters. The van der Waals surface area contributed by atoms with Gasteiger partial charge in [-0.05, 0) is 63.3 Å². The van der Waals surface area contributed by atoms with E-state index in [9.17, 15) is 4.39 Å². The summed E-state index contributed by atoms with van der Waals surface area (Å²) in [6, 6.07) is 12.7. The first-order chi connectivity index (χ1) is 11.7. The third kappa shape index (κ3) is 3.72. The van der Waals surface area contributed by atoms with Gasteiger partial charge in [0.1, 0.15) is 6.61 Å². The fraction of sp³-hybridized carbons (Fsp3) is 0.400. The molecule has 2 aromatic rings. The van der Waals surface area contributed by atoms with Crippen LogP contribution in [0.2, 0.25) is 0 Å². The molecule has 3 nitrogen and oxygen atoms in total. The van der Waals surface area contributed by atoms with Gasteiger partial charge in [0.2, 0.25) is 0 Å². The fourth-order valence-corrected chi connectivity index (χ4v) is 2.63. The smallest absolute Gasteiger partial charge is 0.486 e. The van der Waals surface area contributed by atoms with Crippen molar-refractivity contribution < 1.29 is 18.4 Å². The summed E-state index contributed by atoms with van der Waals surface area (Å²) in [5.41, 5.74) is 2.17. The van der Waals surface area contributed by atoms with Crippen LogP contribution in [0.3, 0.4) is 0 Å². The van der Waals surface area contributed by atoms with Crippen molar-refractivity contribution in [3.05, 3.63) is 59.4 Å². The van der Waals surface area contributed by atoms with Crippen LogP contribution in [0.4, 0.5) is 4.39 Å². The predicted molar refractivity (Wildman–Crippen MR) is 97.6 cm³/mol. The first kappa shape index (κ1) is 18.0. The lowest BCUT2D eigenvalue weighted by atomic mass is 9.79. The van der Waals surface area contributed by atoms with Gasteiger partial charge < -0.3 is 14.0 Å². The van der Waals surface area contributed by atoms with Gasteiger partial charge in [-0.25, -0.2) is 4.39 Å². The van der Waals surface area contributed by atoms with E-state index in [4.69, 9.17) is 14.0 Å². The van der Waals surface area contributed by atoms with Gasteiger partial charge in [-0.2, -0.15) is 0 Å². The van der Waals surface area contributed by atoms with E-state index in [1.165, 1.54) is 6.07 Å². The van der Waals surface area contributed by atoms with E-state index in [2.05, 4.69) is 0 Å². The van der Waals surface area contributed by atoms with E-state index in [0.717, 1.165) is 16.6 Å². The van der Waals surface area contributed by atoms with E-state index in [0.29, 0.717) is 6.61 Å². The molecular formula is C20H24BFO3. The second-order valence-corrected chi connectivity index (χ2v) is 7.55. The molecule has 132 valence electrons. The fourth-order valence-electron chi connectivity index (χ4n) is 2.63. The maximum Gasteiger partial charge on any atom is 0.494 e. The second kappa shape index (κ2) is 6.47. The second-order valence-electron chi connectivity index (χ2n) is 7.55. The molecule has 0 spiro atoms. The molecule has 1 heterocycles. The quantitative estimate of drug-likeness (QED) is 0.786. The van der Waals surface area contributed by atoms with E-state index < -0.39 is 0 Å². The summed E-state index contributed by atoms with van der Waals surface area (Å²) < 4.78 is 31.4. The predicted octanol–water partition coefficient (Wildman–Crippen LogP) is 4.01. The van der Waals surface area contributed by atoms with Gasteiger partial charge in [-0.15, -0.1) is 0 Å². The van der Waals surface area contributed by atoms with Gasteiger partial charge in [-0.1, -0.05) is 30.3 Å². The molecule has 1 aliphatic heterocycles. The largest absolute Gasteiger partial charge is 0.494 e. The Morgan fingerprint density at radius 3 is 2.16 bits per heavy atom. The lowest BCUT2D eigenvalue weighted by molar-refractivity contribution is 0.00578. The first-order valence-electron chi connectivity index (χ1n) is 8.51. The van der Waals surface area contributed by atoms with Crippen molar-refractivity contribution >= 4 is 12.6 Å². The third-order valence-corrected chi connectivity index (χ3v) is 4.99. The highest BCUT2D eigenvalue weighted by molar-refractivity contribution is 6.62. The van der Waals surface area contributed by atoms with Gasteiger partial charge in [-0.3, -0.25) is 0 Å². The Kier molecular flexibility index (Phi) is 4.65. The summed E-state index contributed by atoms with van der Waals surface area (Å²) in [5.74, 6) is -0.0746. The van der Waals surface area contributed by atoms with Crippen molar-refractivity contribution in [2.24, 2.45) is 0 Å². The first-order valence-corrected chi connectivity index (χ1v) is 8.51. The zero-order valence-electron chi connectivity index (χ0n) is 15.4. The number of ether oxygens (including phenoxy) is 1. The number of rotatable bonds is 4. The molecule has 25 heavy (non-hydrogen) atoms. The molecule has 0 aliphatic carbocycles. The zero-order chi connectivity index (χ0) is 18.2. The third-order valence-electron chi connectivity index (χ3n) is 4.99. The van der Waals surface area contributed by atoms with E-state index in [-0.39, 0.29) is 29.9 Å². The Morgan fingerprint density at radius 2 is 1.56 bits per heavy atom. The highest BCUT2D eigenvalue weighted by Gasteiger charge is 2.51.